The molecule has 1 fully saturated rings. The molecule has 9 heteroatoms. The maximum atomic E-state index is 12.7. The van der Waals surface area contributed by atoms with Gasteiger partial charge in [0.2, 0.25) is 0 Å². The maximum absolute atomic E-state index is 12.7. The van der Waals surface area contributed by atoms with Gasteiger partial charge >= 0.3 is 12.1 Å². The van der Waals surface area contributed by atoms with Crippen LogP contribution in [0.2, 0.25) is 0 Å². The van der Waals surface area contributed by atoms with Crippen LogP contribution in [0.1, 0.15) is 17.4 Å². The first-order valence-corrected chi connectivity index (χ1v) is 11.2. The van der Waals surface area contributed by atoms with Crippen LogP contribution in [-0.4, -0.2) is 71.8 Å². The summed E-state index contributed by atoms with van der Waals surface area (Å²) in [6, 6.07) is 10.6. The Morgan fingerprint density at radius 1 is 1.19 bits per heavy atom. The van der Waals surface area contributed by atoms with Crippen LogP contribution in [0.25, 0.3) is 6.08 Å². The number of thiophene rings is 1. The van der Waals surface area contributed by atoms with Gasteiger partial charge in [-0.25, -0.2) is 9.59 Å². The Hall–Kier alpha value is -3.33. The van der Waals surface area contributed by atoms with Gasteiger partial charge in [0.15, 0.2) is 6.61 Å². The third kappa shape index (κ3) is 6.58. The van der Waals surface area contributed by atoms with Crippen molar-refractivity contribution in [3.63, 3.8) is 0 Å². The Bertz CT molecular complexity index is 942. The summed E-state index contributed by atoms with van der Waals surface area (Å²) >= 11 is 1.58. The summed E-state index contributed by atoms with van der Waals surface area (Å²) < 4.78 is 10.5. The molecule has 0 bridgehead atoms. The van der Waals surface area contributed by atoms with Gasteiger partial charge in [-0.2, -0.15) is 0 Å². The molecule has 1 aromatic carbocycles. The molecular formula is C23H26N2O6S. The number of rotatable bonds is 8. The molecule has 32 heavy (non-hydrogen) atoms. The third-order valence-electron chi connectivity index (χ3n) is 5.04. The molecule has 1 saturated heterocycles. The van der Waals surface area contributed by atoms with E-state index in [1.165, 1.54) is 11.0 Å². The Balaban J connectivity index is 1.53. The smallest absolute Gasteiger partial charge is 0.407 e. The van der Waals surface area contributed by atoms with Crippen LogP contribution in [0.15, 0.2) is 47.9 Å². The minimum Gasteiger partial charge on any atom is -0.484 e. The van der Waals surface area contributed by atoms with Gasteiger partial charge in [-0.05, 0) is 42.1 Å². The van der Waals surface area contributed by atoms with Gasteiger partial charge < -0.3 is 24.4 Å². The van der Waals surface area contributed by atoms with Crippen LogP contribution in [-0.2, 0) is 20.7 Å². The van der Waals surface area contributed by atoms with Gasteiger partial charge in [0.05, 0.1) is 12.6 Å². The van der Waals surface area contributed by atoms with Crippen molar-refractivity contribution in [3.05, 3.63) is 58.3 Å². The minimum absolute atomic E-state index is 0.128. The molecular weight excluding hydrogens is 432 g/mol. The van der Waals surface area contributed by atoms with Crippen molar-refractivity contribution >= 4 is 35.4 Å². The quantitative estimate of drug-likeness (QED) is 0.482. The highest BCUT2D eigenvalue weighted by Crippen LogP contribution is 2.19. The van der Waals surface area contributed by atoms with Crippen LogP contribution in [0.5, 0.6) is 5.75 Å². The van der Waals surface area contributed by atoms with Gasteiger partial charge in [0.25, 0.3) is 5.91 Å². The molecule has 3 rings (SSSR count). The Labute approximate surface area is 190 Å². The average Bonchev–Trinajstić information content (AvgIpc) is 3.30. The van der Waals surface area contributed by atoms with E-state index in [2.05, 4.69) is 0 Å². The fraction of sp³-hybridized carbons (Fsp3) is 0.348. The normalized spacial score (nSPS) is 16.2. The molecule has 170 valence electrons. The first-order chi connectivity index (χ1) is 15.5. The van der Waals surface area contributed by atoms with Crippen molar-refractivity contribution in [1.82, 2.24) is 9.80 Å². The van der Waals surface area contributed by atoms with Crippen molar-refractivity contribution in [3.8, 4) is 5.75 Å². The minimum atomic E-state index is -0.966. The van der Waals surface area contributed by atoms with E-state index in [-0.39, 0.29) is 25.1 Å². The van der Waals surface area contributed by atoms with Crippen molar-refractivity contribution in [2.75, 3.05) is 32.8 Å². The molecule has 2 heterocycles. The van der Waals surface area contributed by atoms with Crippen LogP contribution in [0.4, 0.5) is 4.79 Å². The predicted octanol–water partition coefficient (Wildman–Crippen LogP) is 3.14. The lowest BCUT2D eigenvalue weighted by molar-refractivity contribution is -0.137. The summed E-state index contributed by atoms with van der Waals surface area (Å²) in [7, 11) is 0. The van der Waals surface area contributed by atoms with E-state index in [1.807, 2.05) is 17.5 Å². The highest BCUT2D eigenvalue weighted by atomic mass is 32.1. The fourth-order valence-corrected chi connectivity index (χ4v) is 4.21. The molecule has 1 N–H and O–H groups in total. The number of esters is 1. The number of hydrogen-bond acceptors (Lipinski definition) is 6. The number of benzene rings is 1. The number of carbonyl (C=O) groups excluding carboxylic acids is 2. The Kier molecular flexibility index (Phi) is 8.27. The lowest BCUT2D eigenvalue weighted by Crippen LogP contribution is -2.57. The number of ether oxygens (including phenoxy) is 2. The van der Waals surface area contributed by atoms with Crippen molar-refractivity contribution in [2.24, 2.45) is 0 Å². The molecule has 1 unspecified atom stereocenters. The van der Waals surface area contributed by atoms with Gasteiger partial charge in [-0.3, -0.25) is 4.79 Å². The number of piperazine rings is 1. The zero-order valence-electron chi connectivity index (χ0n) is 17.8. The van der Waals surface area contributed by atoms with Crippen molar-refractivity contribution in [1.29, 1.82) is 0 Å². The molecule has 8 nitrogen and oxygen atoms in total. The highest BCUT2D eigenvalue weighted by Gasteiger charge is 2.32. The average molecular weight is 459 g/mol. The summed E-state index contributed by atoms with van der Waals surface area (Å²) in [4.78, 5) is 39.8. The van der Waals surface area contributed by atoms with E-state index in [0.717, 1.165) is 10.4 Å². The highest BCUT2D eigenvalue weighted by molar-refractivity contribution is 7.09. The first-order valence-electron chi connectivity index (χ1n) is 10.3. The second-order valence-electron chi connectivity index (χ2n) is 7.20. The van der Waals surface area contributed by atoms with Gasteiger partial charge in [0, 0.05) is 37.0 Å². The second-order valence-corrected chi connectivity index (χ2v) is 8.23. The topological polar surface area (TPSA) is 96.4 Å². The van der Waals surface area contributed by atoms with E-state index in [1.54, 1.807) is 53.5 Å². The number of carboxylic acid groups (broad SMARTS) is 1. The van der Waals surface area contributed by atoms with Gasteiger partial charge in [0.1, 0.15) is 5.75 Å². The van der Waals surface area contributed by atoms with E-state index < -0.39 is 12.1 Å². The second kappa shape index (κ2) is 11.3. The number of carbonyl (C=O) groups is 3. The summed E-state index contributed by atoms with van der Waals surface area (Å²) in [5, 5.41) is 11.5. The standard InChI is InChI=1S/C23H26N2O6S/c1-2-30-22(27)10-7-17-5-8-19(9-6-17)31-16-21(26)24-11-12-25(23(28)29)18(15-24)14-20-4-3-13-32-20/h3-10,13,18H,2,11-12,14-16H2,1H3,(H,28,29). The lowest BCUT2D eigenvalue weighted by atomic mass is 10.1. The Morgan fingerprint density at radius 2 is 1.97 bits per heavy atom. The van der Waals surface area contributed by atoms with Gasteiger partial charge in [-0.1, -0.05) is 18.2 Å². The fourth-order valence-electron chi connectivity index (χ4n) is 3.44. The van der Waals surface area contributed by atoms with E-state index >= 15 is 0 Å². The molecule has 1 aliphatic rings. The molecule has 1 atom stereocenters. The molecule has 0 spiro atoms. The number of nitrogens with zero attached hydrogens (tertiary/aromatic N) is 2. The molecule has 0 radical (unpaired) electrons. The molecule has 1 aromatic heterocycles. The number of amides is 2. The summed E-state index contributed by atoms with van der Waals surface area (Å²) in [5.74, 6) is -0.0535. The largest absolute Gasteiger partial charge is 0.484 e. The van der Waals surface area contributed by atoms with Crippen LogP contribution < -0.4 is 4.74 Å². The SMILES string of the molecule is CCOC(=O)C=Cc1ccc(OCC(=O)N2CCN(C(=O)O)C(Cc3cccs3)C2)cc1. The van der Waals surface area contributed by atoms with Crippen LogP contribution in [0, 0.1) is 0 Å². The predicted molar refractivity (Wildman–Crippen MR) is 121 cm³/mol. The lowest BCUT2D eigenvalue weighted by Gasteiger charge is -2.39. The number of hydrogen-bond donors (Lipinski definition) is 1. The van der Waals surface area contributed by atoms with Crippen LogP contribution >= 0.6 is 11.3 Å². The van der Waals surface area contributed by atoms with Crippen molar-refractivity contribution in [2.45, 2.75) is 19.4 Å². The maximum Gasteiger partial charge on any atom is 0.407 e. The zero-order valence-corrected chi connectivity index (χ0v) is 18.6. The Morgan fingerprint density at radius 3 is 2.62 bits per heavy atom. The summed E-state index contributed by atoms with van der Waals surface area (Å²) in [5.41, 5.74) is 0.804. The van der Waals surface area contributed by atoms with Crippen molar-refractivity contribution < 1.29 is 29.0 Å². The molecule has 2 amide bonds. The zero-order chi connectivity index (χ0) is 22.9. The molecule has 1 aliphatic heterocycles. The molecule has 0 saturated carbocycles. The van der Waals surface area contributed by atoms with Gasteiger partial charge in [-0.15, -0.1) is 11.3 Å². The first kappa shape index (κ1) is 23.3. The molecule has 0 aliphatic carbocycles. The molecule has 2 aromatic rings. The monoisotopic (exact) mass is 458 g/mol. The van der Waals surface area contributed by atoms with E-state index in [4.69, 9.17) is 9.47 Å². The summed E-state index contributed by atoms with van der Waals surface area (Å²) in [6.45, 7) is 2.89. The third-order valence-corrected chi connectivity index (χ3v) is 5.94. The van der Waals surface area contributed by atoms with E-state index in [9.17, 15) is 19.5 Å². The summed E-state index contributed by atoms with van der Waals surface area (Å²) in [6.07, 6.45) is 2.61. The van der Waals surface area contributed by atoms with Crippen LogP contribution in [0.3, 0.4) is 0 Å². The van der Waals surface area contributed by atoms with E-state index in [0.29, 0.717) is 31.9 Å².